The van der Waals surface area contributed by atoms with Crippen LogP contribution >= 0.6 is 0 Å². The van der Waals surface area contributed by atoms with Gasteiger partial charge in [-0.1, -0.05) is 0 Å². The van der Waals surface area contributed by atoms with Crippen molar-refractivity contribution in [1.29, 1.82) is 0 Å². The maximum atomic E-state index is 10.3. The number of nitrogen functional groups attached to an aromatic ring is 2. The molecule has 116 valence electrons. The lowest BCUT2D eigenvalue weighted by molar-refractivity contribution is 0.0681. The van der Waals surface area contributed by atoms with E-state index in [9.17, 15) is 9.59 Å². The molecule has 8 N–H and O–H groups in total. The lowest BCUT2D eigenvalue weighted by Crippen LogP contribution is -1.99. The van der Waals surface area contributed by atoms with Crippen LogP contribution in [0.3, 0.4) is 0 Å². The van der Waals surface area contributed by atoms with Crippen LogP contribution in [0.15, 0.2) is 36.4 Å². The Kier molecular flexibility index (Phi) is 5.17. The topological polar surface area (TPSA) is 167 Å². The Morgan fingerprint density at radius 2 is 1.18 bits per heavy atom. The van der Waals surface area contributed by atoms with Gasteiger partial charge in [0.1, 0.15) is 11.4 Å². The molecular weight excluding hydrogens is 292 g/mol. The Bertz CT molecular complexity index is 637. The first-order chi connectivity index (χ1) is 10.2. The van der Waals surface area contributed by atoms with Crippen LogP contribution < -0.4 is 11.5 Å². The van der Waals surface area contributed by atoms with Gasteiger partial charge in [0.05, 0.1) is 16.8 Å². The van der Waals surface area contributed by atoms with E-state index in [1.807, 2.05) is 0 Å². The molecular formula is C14H14N2O6. The number of carboxylic acids is 2. The second-order valence-electron chi connectivity index (χ2n) is 4.12. The van der Waals surface area contributed by atoms with Crippen molar-refractivity contribution in [3.05, 3.63) is 47.5 Å². The largest absolute Gasteiger partial charge is 0.506 e. The standard InChI is InChI=1S/C8H6O4.C6H8N2O2/c9-7(10)5-1-2-6(4-3-5)8(11)12;7-3-1-2-4(9)5(8)6(3)10/h1-4H,(H,9,10)(H,11,12);1-2,9-10H,7-8H2. The number of aromatic hydroxyl groups is 2. The van der Waals surface area contributed by atoms with Crippen LogP contribution in [0.2, 0.25) is 0 Å². The molecule has 0 aliphatic heterocycles. The van der Waals surface area contributed by atoms with Gasteiger partial charge in [-0.15, -0.1) is 0 Å². The fourth-order valence-electron chi connectivity index (χ4n) is 1.37. The third-order valence-electron chi connectivity index (χ3n) is 2.60. The van der Waals surface area contributed by atoms with Crippen molar-refractivity contribution in [2.45, 2.75) is 0 Å². The van der Waals surface area contributed by atoms with E-state index in [1.165, 1.54) is 36.4 Å². The number of carboxylic acid groups (broad SMARTS) is 2. The van der Waals surface area contributed by atoms with Crippen molar-refractivity contribution in [3.63, 3.8) is 0 Å². The highest BCUT2D eigenvalue weighted by molar-refractivity contribution is 5.91. The molecule has 0 radical (unpaired) electrons. The first-order valence-electron chi connectivity index (χ1n) is 5.86. The molecule has 0 unspecified atom stereocenters. The minimum absolute atomic E-state index is 0.0833. The van der Waals surface area contributed by atoms with Crippen LogP contribution in [-0.4, -0.2) is 32.4 Å². The molecule has 2 rings (SSSR count). The number of benzene rings is 2. The van der Waals surface area contributed by atoms with Crippen LogP contribution in [0.1, 0.15) is 20.7 Å². The van der Waals surface area contributed by atoms with Crippen LogP contribution in [0.5, 0.6) is 11.5 Å². The number of phenols is 2. The van der Waals surface area contributed by atoms with Gasteiger partial charge in [0.15, 0.2) is 5.75 Å². The van der Waals surface area contributed by atoms with Crippen LogP contribution in [0.4, 0.5) is 11.4 Å². The van der Waals surface area contributed by atoms with Crippen molar-refractivity contribution < 1.29 is 30.0 Å². The molecule has 2 aromatic rings. The van der Waals surface area contributed by atoms with Crippen molar-refractivity contribution in [2.24, 2.45) is 0 Å². The number of hydrogen-bond donors (Lipinski definition) is 6. The van der Waals surface area contributed by atoms with Crippen molar-refractivity contribution >= 4 is 23.3 Å². The molecule has 0 aromatic heterocycles. The molecule has 8 nitrogen and oxygen atoms in total. The molecule has 22 heavy (non-hydrogen) atoms. The van der Waals surface area contributed by atoms with Gasteiger partial charge in [0.25, 0.3) is 0 Å². The highest BCUT2D eigenvalue weighted by Crippen LogP contribution is 2.34. The van der Waals surface area contributed by atoms with Gasteiger partial charge < -0.3 is 31.9 Å². The van der Waals surface area contributed by atoms with E-state index in [2.05, 4.69) is 0 Å². The number of nitrogens with two attached hydrogens (primary N) is 2. The summed E-state index contributed by atoms with van der Waals surface area (Å²) in [5.74, 6) is -2.55. The molecule has 0 bridgehead atoms. The van der Waals surface area contributed by atoms with Gasteiger partial charge >= 0.3 is 11.9 Å². The summed E-state index contributed by atoms with van der Waals surface area (Å²) in [5.41, 5.74) is 10.7. The van der Waals surface area contributed by atoms with E-state index in [1.54, 1.807) is 0 Å². The van der Waals surface area contributed by atoms with Gasteiger partial charge in [-0.3, -0.25) is 0 Å². The fourth-order valence-corrected chi connectivity index (χ4v) is 1.37. The molecule has 0 fully saturated rings. The minimum Gasteiger partial charge on any atom is -0.506 e. The average molecular weight is 306 g/mol. The highest BCUT2D eigenvalue weighted by atomic mass is 16.4. The molecule has 2 aromatic carbocycles. The third-order valence-corrected chi connectivity index (χ3v) is 2.60. The summed E-state index contributed by atoms with van der Waals surface area (Å²) in [7, 11) is 0. The van der Waals surface area contributed by atoms with Crippen molar-refractivity contribution in [2.75, 3.05) is 11.5 Å². The van der Waals surface area contributed by atoms with Gasteiger partial charge in [-0.25, -0.2) is 9.59 Å². The second-order valence-corrected chi connectivity index (χ2v) is 4.12. The molecule has 0 heterocycles. The molecule has 8 heteroatoms. The van der Waals surface area contributed by atoms with E-state index in [0.29, 0.717) is 0 Å². The molecule has 0 aliphatic carbocycles. The van der Waals surface area contributed by atoms with Gasteiger partial charge in [0, 0.05) is 0 Å². The number of hydrogen-bond acceptors (Lipinski definition) is 6. The normalized spacial score (nSPS) is 9.45. The average Bonchev–Trinajstić information content (AvgIpc) is 2.50. The number of rotatable bonds is 2. The monoisotopic (exact) mass is 306 g/mol. The Morgan fingerprint density at radius 1 is 0.773 bits per heavy atom. The molecule has 0 aliphatic rings. The van der Waals surface area contributed by atoms with E-state index in [4.69, 9.17) is 31.9 Å². The van der Waals surface area contributed by atoms with Crippen molar-refractivity contribution in [1.82, 2.24) is 0 Å². The maximum Gasteiger partial charge on any atom is 0.335 e. The van der Waals surface area contributed by atoms with Crippen LogP contribution in [0, 0.1) is 0 Å². The summed E-state index contributed by atoms with van der Waals surface area (Å²) in [6, 6.07) is 7.72. The van der Waals surface area contributed by atoms with Gasteiger partial charge in [-0.2, -0.15) is 0 Å². The minimum atomic E-state index is -1.06. The Morgan fingerprint density at radius 3 is 1.50 bits per heavy atom. The Hall–Kier alpha value is -3.42. The number of anilines is 2. The summed E-state index contributed by atoms with van der Waals surface area (Å²) in [6.07, 6.45) is 0. The van der Waals surface area contributed by atoms with E-state index >= 15 is 0 Å². The lowest BCUT2D eigenvalue weighted by Gasteiger charge is -2.02. The molecule has 0 saturated carbocycles. The molecule has 0 saturated heterocycles. The third kappa shape index (κ3) is 4.04. The SMILES string of the molecule is Nc1ccc(O)c(N)c1O.O=C(O)c1ccc(C(=O)O)cc1. The van der Waals surface area contributed by atoms with E-state index in [-0.39, 0.29) is 34.0 Å². The highest BCUT2D eigenvalue weighted by Gasteiger charge is 2.05. The zero-order valence-electron chi connectivity index (χ0n) is 11.2. The zero-order valence-corrected chi connectivity index (χ0v) is 11.2. The zero-order chi connectivity index (χ0) is 16.9. The smallest absolute Gasteiger partial charge is 0.335 e. The summed E-state index contributed by atoms with van der Waals surface area (Å²) in [5, 5.41) is 34.8. The summed E-state index contributed by atoms with van der Waals surface area (Å²) in [4.78, 5) is 20.7. The molecule has 0 atom stereocenters. The van der Waals surface area contributed by atoms with Gasteiger partial charge in [-0.05, 0) is 36.4 Å². The molecule has 0 spiro atoms. The number of aromatic carboxylic acids is 2. The summed E-state index contributed by atoms with van der Waals surface area (Å²) < 4.78 is 0. The number of carbonyl (C=O) groups is 2. The van der Waals surface area contributed by atoms with Crippen LogP contribution in [-0.2, 0) is 0 Å². The van der Waals surface area contributed by atoms with E-state index in [0.717, 1.165) is 0 Å². The Balaban J connectivity index is 0.000000224. The first kappa shape index (κ1) is 16.6. The fraction of sp³-hybridized carbons (Fsp3) is 0. The Labute approximate surface area is 124 Å². The predicted molar refractivity (Wildman–Crippen MR) is 79.0 cm³/mol. The number of phenolic OH excluding ortho intramolecular Hbond substituents is 2. The van der Waals surface area contributed by atoms with Gasteiger partial charge in [0.2, 0.25) is 0 Å². The summed E-state index contributed by atoms with van der Waals surface area (Å²) in [6.45, 7) is 0. The first-order valence-corrected chi connectivity index (χ1v) is 5.86. The lowest BCUT2D eigenvalue weighted by atomic mass is 10.1. The summed E-state index contributed by atoms with van der Waals surface area (Å²) >= 11 is 0. The quantitative estimate of drug-likeness (QED) is 0.274. The second kappa shape index (κ2) is 6.84. The molecule has 0 amide bonds. The maximum absolute atomic E-state index is 10.3. The van der Waals surface area contributed by atoms with E-state index < -0.39 is 11.9 Å². The predicted octanol–water partition coefficient (Wildman–Crippen LogP) is 1.35. The van der Waals surface area contributed by atoms with Crippen molar-refractivity contribution in [3.8, 4) is 11.5 Å². The van der Waals surface area contributed by atoms with Crippen LogP contribution in [0.25, 0.3) is 0 Å².